The van der Waals surface area contributed by atoms with E-state index in [0.717, 1.165) is 23.1 Å². The molecule has 0 saturated carbocycles. The summed E-state index contributed by atoms with van der Waals surface area (Å²) in [4.78, 5) is 4.61. The molecule has 0 saturated heterocycles. The summed E-state index contributed by atoms with van der Waals surface area (Å²) in [6.07, 6.45) is 0.772. The second-order valence-corrected chi connectivity index (χ2v) is 6.64. The van der Waals surface area contributed by atoms with E-state index >= 15 is 0 Å². The molecule has 6 nitrogen and oxygen atoms in total. The largest absolute Gasteiger partial charge is 0.508 e. The summed E-state index contributed by atoms with van der Waals surface area (Å²) < 4.78 is 16.9. The lowest BCUT2D eigenvalue weighted by molar-refractivity contribution is 0.132. The molecule has 128 valence electrons. The minimum Gasteiger partial charge on any atom is -0.508 e. The van der Waals surface area contributed by atoms with Gasteiger partial charge < -0.3 is 24.4 Å². The lowest BCUT2D eigenvalue weighted by atomic mass is 9.71. The topological polar surface area (TPSA) is 80.5 Å². The van der Waals surface area contributed by atoms with Gasteiger partial charge in [0.2, 0.25) is 6.79 Å². The molecule has 0 radical (unpaired) electrons. The molecule has 25 heavy (non-hydrogen) atoms. The molecule has 6 heteroatoms. The van der Waals surface area contributed by atoms with Crippen LogP contribution in [0.3, 0.4) is 0 Å². The van der Waals surface area contributed by atoms with Crippen molar-refractivity contribution in [3.63, 3.8) is 0 Å². The zero-order chi connectivity index (χ0) is 17.3. The predicted octanol–water partition coefficient (Wildman–Crippen LogP) is 2.36. The number of hydrogen-bond donors (Lipinski definition) is 2. The zero-order valence-corrected chi connectivity index (χ0v) is 13.9. The zero-order valence-electron chi connectivity index (χ0n) is 13.9. The molecule has 0 spiro atoms. The van der Waals surface area contributed by atoms with Crippen LogP contribution in [0, 0.1) is 0 Å². The molecule has 0 fully saturated rings. The molecular weight excluding hydrogens is 322 g/mol. The van der Waals surface area contributed by atoms with Gasteiger partial charge in [-0.05, 0) is 31.0 Å². The van der Waals surface area contributed by atoms with Crippen molar-refractivity contribution < 1.29 is 24.4 Å². The van der Waals surface area contributed by atoms with Crippen molar-refractivity contribution in [3.05, 3.63) is 34.9 Å². The van der Waals surface area contributed by atoms with Crippen LogP contribution in [0.25, 0.3) is 11.1 Å². The molecule has 2 aliphatic heterocycles. The quantitative estimate of drug-likeness (QED) is 0.834. The van der Waals surface area contributed by atoms with E-state index in [-0.39, 0.29) is 12.5 Å². The summed E-state index contributed by atoms with van der Waals surface area (Å²) in [6.45, 7) is 2.46. The molecule has 0 aromatic heterocycles. The van der Waals surface area contributed by atoms with Gasteiger partial charge in [0.05, 0.1) is 12.8 Å². The lowest BCUT2D eigenvalue weighted by Crippen LogP contribution is -2.39. The standard InChI is InChI=1S/C19H17NO5/c1-19(22)11-6-10(21)7-12(23-2)15(11)16-14-9(3-4-20-18(14)19)5-13-17(16)25-8-24-13/h5-7,21-22H,3-4,8H2,1-2H3. The van der Waals surface area contributed by atoms with E-state index in [1.807, 2.05) is 6.07 Å². The van der Waals surface area contributed by atoms with Gasteiger partial charge in [-0.2, -0.15) is 0 Å². The van der Waals surface area contributed by atoms with Crippen molar-refractivity contribution in [2.45, 2.75) is 18.9 Å². The van der Waals surface area contributed by atoms with E-state index < -0.39 is 5.60 Å². The average Bonchev–Trinajstić information content (AvgIpc) is 3.06. The number of methoxy groups -OCH3 is 1. The smallest absolute Gasteiger partial charge is 0.231 e. The Morgan fingerprint density at radius 2 is 2.00 bits per heavy atom. The summed E-state index contributed by atoms with van der Waals surface area (Å²) in [5.41, 5.74) is 3.31. The lowest BCUT2D eigenvalue weighted by Gasteiger charge is -2.38. The Morgan fingerprint density at radius 1 is 1.16 bits per heavy atom. The predicted molar refractivity (Wildman–Crippen MR) is 90.9 cm³/mol. The van der Waals surface area contributed by atoms with Crippen molar-refractivity contribution >= 4 is 5.71 Å². The van der Waals surface area contributed by atoms with Crippen LogP contribution in [0.1, 0.15) is 23.6 Å². The van der Waals surface area contributed by atoms with Gasteiger partial charge in [-0.3, -0.25) is 4.99 Å². The highest BCUT2D eigenvalue weighted by Gasteiger charge is 2.45. The Kier molecular flexibility index (Phi) is 2.73. The number of phenols is 1. The summed E-state index contributed by atoms with van der Waals surface area (Å²) in [5, 5.41) is 21.4. The number of aromatic hydroxyl groups is 1. The molecule has 1 aliphatic carbocycles. The molecule has 2 aromatic carbocycles. The third-order valence-corrected chi connectivity index (χ3v) is 5.18. The molecule has 1 atom stereocenters. The van der Waals surface area contributed by atoms with Crippen LogP contribution in [-0.2, 0) is 12.0 Å². The van der Waals surface area contributed by atoms with E-state index in [1.165, 1.54) is 0 Å². The maximum Gasteiger partial charge on any atom is 0.231 e. The number of hydrogen-bond acceptors (Lipinski definition) is 6. The van der Waals surface area contributed by atoms with Gasteiger partial charge in [0.25, 0.3) is 0 Å². The van der Waals surface area contributed by atoms with E-state index in [9.17, 15) is 10.2 Å². The Morgan fingerprint density at radius 3 is 2.80 bits per heavy atom. The van der Waals surface area contributed by atoms with E-state index in [4.69, 9.17) is 14.2 Å². The third-order valence-electron chi connectivity index (χ3n) is 5.18. The van der Waals surface area contributed by atoms with Gasteiger partial charge in [-0.1, -0.05) is 0 Å². The molecule has 1 unspecified atom stereocenters. The van der Waals surface area contributed by atoms with Crippen molar-refractivity contribution in [3.8, 4) is 34.1 Å². The highest BCUT2D eigenvalue weighted by molar-refractivity contribution is 6.18. The van der Waals surface area contributed by atoms with Crippen LogP contribution in [0.2, 0.25) is 0 Å². The molecule has 2 N–H and O–H groups in total. The summed E-state index contributed by atoms with van der Waals surface area (Å²) in [5.74, 6) is 1.83. The van der Waals surface area contributed by atoms with Crippen LogP contribution in [0.15, 0.2) is 23.2 Å². The Hall–Kier alpha value is -2.73. The summed E-state index contributed by atoms with van der Waals surface area (Å²) in [6, 6.07) is 5.08. The number of aliphatic imine (C=N–C) groups is 1. The number of rotatable bonds is 1. The molecule has 2 heterocycles. The maximum atomic E-state index is 11.3. The van der Waals surface area contributed by atoms with Gasteiger partial charge in [-0.25, -0.2) is 0 Å². The number of benzene rings is 2. The summed E-state index contributed by atoms with van der Waals surface area (Å²) >= 11 is 0. The second kappa shape index (κ2) is 4.67. The minimum atomic E-state index is -1.34. The first-order valence-electron chi connectivity index (χ1n) is 8.17. The summed E-state index contributed by atoms with van der Waals surface area (Å²) in [7, 11) is 1.54. The molecule has 0 bridgehead atoms. The monoisotopic (exact) mass is 339 g/mol. The van der Waals surface area contributed by atoms with E-state index in [0.29, 0.717) is 40.6 Å². The van der Waals surface area contributed by atoms with Crippen molar-refractivity contribution in [1.82, 2.24) is 0 Å². The average molecular weight is 339 g/mol. The number of fused-ring (bicyclic) bond motifs is 4. The van der Waals surface area contributed by atoms with Gasteiger partial charge in [0.1, 0.15) is 17.1 Å². The Labute approximate surface area is 144 Å². The van der Waals surface area contributed by atoms with Crippen molar-refractivity contribution in [2.24, 2.45) is 4.99 Å². The third kappa shape index (κ3) is 1.75. The fourth-order valence-electron chi connectivity index (χ4n) is 4.10. The normalized spacial score (nSPS) is 22.1. The molecule has 2 aromatic rings. The number of ether oxygens (including phenoxy) is 3. The van der Waals surface area contributed by atoms with Crippen LogP contribution >= 0.6 is 0 Å². The Balaban J connectivity index is 1.99. The highest BCUT2D eigenvalue weighted by atomic mass is 16.7. The van der Waals surface area contributed by atoms with Crippen LogP contribution in [0.5, 0.6) is 23.0 Å². The SMILES string of the molecule is COc1cc(O)cc2c1-c1c3c(cc4c1C(=NCC4)C2(C)O)OCO3. The molecule has 0 amide bonds. The highest BCUT2D eigenvalue weighted by Crippen LogP contribution is 2.56. The van der Waals surface area contributed by atoms with Crippen LogP contribution in [0.4, 0.5) is 0 Å². The Bertz CT molecular complexity index is 961. The first-order chi connectivity index (χ1) is 12.0. The number of phenolic OH excluding ortho intramolecular Hbond substituents is 1. The van der Waals surface area contributed by atoms with Gasteiger partial charge >= 0.3 is 0 Å². The van der Waals surface area contributed by atoms with Crippen LogP contribution in [-0.4, -0.2) is 36.4 Å². The molecule has 3 aliphatic rings. The molecular formula is C19H17NO5. The second-order valence-electron chi connectivity index (χ2n) is 6.64. The first-order valence-corrected chi connectivity index (χ1v) is 8.17. The fraction of sp³-hybridized carbons (Fsp3) is 0.316. The van der Waals surface area contributed by atoms with Gasteiger partial charge in [-0.15, -0.1) is 0 Å². The fourth-order valence-corrected chi connectivity index (χ4v) is 4.10. The minimum absolute atomic E-state index is 0.0284. The maximum absolute atomic E-state index is 11.3. The number of aliphatic hydroxyl groups is 1. The first kappa shape index (κ1) is 14.6. The van der Waals surface area contributed by atoms with E-state index in [1.54, 1.807) is 26.2 Å². The van der Waals surface area contributed by atoms with Gasteiger partial charge in [0, 0.05) is 34.9 Å². The van der Waals surface area contributed by atoms with Crippen molar-refractivity contribution in [2.75, 3.05) is 20.4 Å². The molecule has 5 rings (SSSR count). The van der Waals surface area contributed by atoms with Gasteiger partial charge in [0.15, 0.2) is 11.5 Å². The van der Waals surface area contributed by atoms with E-state index in [2.05, 4.69) is 4.99 Å². The van der Waals surface area contributed by atoms with Crippen LogP contribution < -0.4 is 14.2 Å². The van der Waals surface area contributed by atoms with Crippen molar-refractivity contribution in [1.29, 1.82) is 0 Å². The number of nitrogens with zero attached hydrogens (tertiary/aromatic N) is 1.